The summed E-state index contributed by atoms with van der Waals surface area (Å²) in [6.45, 7) is 0.653. The molecule has 2 N–H and O–H groups in total. The zero-order valence-electron chi connectivity index (χ0n) is 12.4. The average molecular weight is 303 g/mol. The standard InChI is InChI=1S/C17H21NO4/c19-16(14-6-7-15(22-14)17(20)21)18-10-11-8-13(9-11)12-4-2-1-3-5-12/h1-5,11,13-15H,6-10H2,(H,18,19)(H,20,21)/t11?,13?,14-,15+/m0/s1. The molecule has 1 amide bonds. The molecule has 1 aromatic carbocycles. The van der Waals surface area contributed by atoms with Gasteiger partial charge in [0.25, 0.3) is 0 Å². The molecule has 1 saturated carbocycles. The Morgan fingerprint density at radius 3 is 2.45 bits per heavy atom. The highest BCUT2D eigenvalue weighted by Crippen LogP contribution is 2.41. The van der Waals surface area contributed by atoms with Crippen molar-refractivity contribution in [3.8, 4) is 0 Å². The lowest BCUT2D eigenvalue weighted by atomic mass is 9.71. The molecule has 0 spiro atoms. The predicted molar refractivity (Wildman–Crippen MR) is 80.4 cm³/mol. The van der Waals surface area contributed by atoms with Crippen LogP contribution in [0.1, 0.15) is 37.2 Å². The summed E-state index contributed by atoms with van der Waals surface area (Å²) in [7, 11) is 0. The summed E-state index contributed by atoms with van der Waals surface area (Å²) in [5.74, 6) is -0.0556. The summed E-state index contributed by atoms with van der Waals surface area (Å²) in [4.78, 5) is 22.8. The van der Waals surface area contributed by atoms with Gasteiger partial charge in [-0.3, -0.25) is 4.79 Å². The third-order valence-corrected chi connectivity index (χ3v) is 4.66. The first-order chi connectivity index (χ1) is 10.6. The Kier molecular flexibility index (Phi) is 4.43. The quantitative estimate of drug-likeness (QED) is 0.871. The van der Waals surface area contributed by atoms with Crippen molar-refractivity contribution >= 4 is 11.9 Å². The lowest BCUT2D eigenvalue weighted by molar-refractivity contribution is -0.151. The monoisotopic (exact) mass is 303 g/mol. The van der Waals surface area contributed by atoms with Crippen LogP contribution in [0.25, 0.3) is 0 Å². The third kappa shape index (κ3) is 3.30. The van der Waals surface area contributed by atoms with Crippen LogP contribution in [0.5, 0.6) is 0 Å². The zero-order chi connectivity index (χ0) is 15.5. The number of hydrogen-bond donors (Lipinski definition) is 2. The van der Waals surface area contributed by atoms with E-state index >= 15 is 0 Å². The number of carboxylic acid groups (broad SMARTS) is 1. The minimum absolute atomic E-state index is 0.174. The maximum Gasteiger partial charge on any atom is 0.332 e. The topological polar surface area (TPSA) is 75.6 Å². The van der Waals surface area contributed by atoms with E-state index in [-0.39, 0.29) is 5.91 Å². The summed E-state index contributed by atoms with van der Waals surface area (Å²) in [5.41, 5.74) is 1.37. The Morgan fingerprint density at radius 1 is 1.14 bits per heavy atom. The molecular formula is C17H21NO4. The summed E-state index contributed by atoms with van der Waals surface area (Å²) in [5, 5.41) is 11.8. The van der Waals surface area contributed by atoms with Crippen molar-refractivity contribution in [1.29, 1.82) is 0 Å². The molecule has 1 aromatic rings. The number of aliphatic carboxylic acids is 1. The summed E-state index contributed by atoms with van der Waals surface area (Å²) >= 11 is 0. The summed E-state index contributed by atoms with van der Waals surface area (Å²) in [6.07, 6.45) is 1.64. The van der Waals surface area contributed by atoms with Crippen molar-refractivity contribution in [2.75, 3.05) is 6.54 Å². The van der Waals surface area contributed by atoms with Gasteiger partial charge in [-0.1, -0.05) is 30.3 Å². The van der Waals surface area contributed by atoms with E-state index in [1.807, 2.05) is 6.07 Å². The Balaban J connectivity index is 1.38. The number of carbonyl (C=O) groups excluding carboxylic acids is 1. The minimum Gasteiger partial charge on any atom is -0.479 e. The molecule has 118 valence electrons. The number of hydrogen-bond acceptors (Lipinski definition) is 3. The molecule has 2 atom stereocenters. The van der Waals surface area contributed by atoms with E-state index in [9.17, 15) is 9.59 Å². The first-order valence-electron chi connectivity index (χ1n) is 7.84. The Morgan fingerprint density at radius 2 is 1.82 bits per heavy atom. The fraction of sp³-hybridized carbons (Fsp3) is 0.529. The van der Waals surface area contributed by atoms with Crippen LogP contribution in [-0.4, -0.2) is 35.7 Å². The first-order valence-corrected chi connectivity index (χ1v) is 7.84. The zero-order valence-corrected chi connectivity index (χ0v) is 12.4. The van der Waals surface area contributed by atoms with Gasteiger partial charge in [0.2, 0.25) is 5.91 Å². The maximum absolute atomic E-state index is 12.0. The van der Waals surface area contributed by atoms with E-state index in [4.69, 9.17) is 9.84 Å². The second-order valence-electron chi connectivity index (χ2n) is 6.22. The van der Waals surface area contributed by atoms with E-state index in [1.54, 1.807) is 0 Å². The number of amides is 1. The van der Waals surface area contributed by atoms with Crippen molar-refractivity contribution in [2.24, 2.45) is 5.92 Å². The molecule has 5 heteroatoms. The van der Waals surface area contributed by atoms with Gasteiger partial charge in [0.15, 0.2) is 6.10 Å². The van der Waals surface area contributed by atoms with E-state index in [2.05, 4.69) is 29.6 Å². The van der Waals surface area contributed by atoms with Gasteiger partial charge >= 0.3 is 5.97 Å². The Labute approximate surface area is 129 Å². The van der Waals surface area contributed by atoms with Gasteiger partial charge in [-0.15, -0.1) is 0 Å². The van der Waals surface area contributed by atoms with Crippen molar-refractivity contribution in [1.82, 2.24) is 5.32 Å². The van der Waals surface area contributed by atoms with Crippen LogP contribution in [0.2, 0.25) is 0 Å². The van der Waals surface area contributed by atoms with Crippen molar-refractivity contribution in [2.45, 2.75) is 43.8 Å². The smallest absolute Gasteiger partial charge is 0.332 e. The Hall–Kier alpha value is -1.88. The molecule has 0 bridgehead atoms. The molecular weight excluding hydrogens is 282 g/mol. The van der Waals surface area contributed by atoms with Gasteiger partial charge in [0.1, 0.15) is 6.10 Å². The summed E-state index contributed by atoms with van der Waals surface area (Å²) in [6, 6.07) is 10.4. The number of carbonyl (C=O) groups is 2. The predicted octanol–water partition coefficient (Wildman–Crippen LogP) is 1.93. The molecule has 0 aromatic heterocycles. The van der Waals surface area contributed by atoms with Gasteiger partial charge in [0, 0.05) is 6.54 Å². The second-order valence-corrected chi connectivity index (χ2v) is 6.22. The number of carboxylic acids is 1. The highest BCUT2D eigenvalue weighted by molar-refractivity contribution is 5.82. The molecule has 5 nitrogen and oxygen atoms in total. The molecule has 1 heterocycles. The number of benzene rings is 1. The number of nitrogens with one attached hydrogen (secondary N) is 1. The van der Waals surface area contributed by atoms with E-state index in [0.29, 0.717) is 31.2 Å². The molecule has 2 fully saturated rings. The van der Waals surface area contributed by atoms with Crippen LogP contribution in [0, 0.1) is 5.92 Å². The van der Waals surface area contributed by atoms with Gasteiger partial charge in [-0.05, 0) is 43.1 Å². The van der Waals surface area contributed by atoms with Crippen molar-refractivity contribution < 1.29 is 19.4 Å². The molecule has 1 saturated heterocycles. The van der Waals surface area contributed by atoms with E-state index in [0.717, 1.165) is 12.8 Å². The fourth-order valence-corrected chi connectivity index (χ4v) is 3.27. The number of rotatable bonds is 5. The van der Waals surface area contributed by atoms with Gasteiger partial charge in [0.05, 0.1) is 0 Å². The van der Waals surface area contributed by atoms with Gasteiger partial charge in [-0.2, -0.15) is 0 Å². The molecule has 0 unspecified atom stereocenters. The molecule has 22 heavy (non-hydrogen) atoms. The van der Waals surface area contributed by atoms with Gasteiger partial charge < -0.3 is 15.2 Å². The van der Waals surface area contributed by atoms with E-state index < -0.39 is 18.2 Å². The Bertz CT molecular complexity index is 539. The highest BCUT2D eigenvalue weighted by atomic mass is 16.5. The SMILES string of the molecule is O=C(NCC1CC(c2ccccc2)C1)[C@@H]1CC[C@H](C(=O)O)O1. The normalized spacial score (nSPS) is 30.5. The number of ether oxygens (including phenoxy) is 1. The van der Waals surface area contributed by atoms with Crippen LogP contribution in [0.15, 0.2) is 30.3 Å². The fourth-order valence-electron chi connectivity index (χ4n) is 3.27. The molecule has 0 radical (unpaired) electrons. The second kappa shape index (κ2) is 6.48. The summed E-state index contributed by atoms with van der Waals surface area (Å²) < 4.78 is 5.25. The largest absolute Gasteiger partial charge is 0.479 e. The van der Waals surface area contributed by atoms with Crippen LogP contribution in [-0.2, 0) is 14.3 Å². The van der Waals surface area contributed by atoms with E-state index in [1.165, 1.54) is 5.56 Å². The highest BCUT2D eigenvalue weighted by Gasteiger charge is 2.36. The van der Waals surface area contributed by atoms with Crippen LogP contribution in [0.3, 0.4) is 0 Å². The molecule has 3 rings (SSSR count). The van der Waals surface area contributed by atoms with Crippen LogP contribution in [0.4, 0.5) is 0 Å². The molecule has 1 aliphatic carbocycles. The first kappa shape index (κ1) is 15.0. The van der Waals surface area contributed by atoms with Crippen molar-refractivity contribution in [3.63, 3.8) is 0 Å². The average Bonchev–Trinajstić information content (AvgIpc) is 2.96. The van der Waals surface area contributed by atoms with Crippen molar-refractivity contribution in [3.05, 3.63) is 35.9 Å². The maximum atomic E-state index is 12.0. The molecule has 2 aliphatic rings. The van der Waals surface area contributed by atoms with Crippen LogP contribution < -0.4 is 5.32 Å². The minimum atomic E-state index is -0.986. The lowest BCUT2D eigenvalue weighted by Crippen LogP contribution is -2.40. The van der Waals surface area contributed by atoms with Gasteiger partial charge in [-0.25, -0.2) is 4.79 Å². The third-order valence-electron chi connectivity index (χ3n) is 4.66. The molecule has 1 aliphatic heterocycles. The lowest BCUT2D eigenvalue weighted by Gasteiger charge is -2.36. The van der Waals surface area contributed by atoms with Crippen LogP contribution >= 0.6 is 0 Å².